The molecule has 31 heavy (non-hydrogen) atoms. The Balaban J connectivity index is 2.10. The number of amides is 1. The molecule has 0 saturated carbocycles. The first-order chi connectivity index (χ1) is 14.3. The fourth-order valence-electron chi connectivity index (χ4n) is 3.34. The monoisotopic (exact) mass is 484 g/mol. The third-order valence-corrected chi connectivity index (χ3v) is 7.71. The van der Waals surface area contributed by atoms with Gasteiger partial charge >= 0.3 is 12.1 Å². The Kier molecular flexibility index (Phi) is 7.99. The highest BCUT2D eigenvalue weighted by Gasteiger charge is 2.37. The quantitative estimate of drug-likeness (QED) is 0.617. The first-order valence-electron chi connectivity index (χ1n) is 9.69. The van der Waals surface area contributed by atoms with Crippen molar-refractivity contribution in [2.75, 3.05) is 13.1 Å². The summed E-state index contributed by atoms with van der Waals surface area (Å²) in [5.74, 6) is -2.50. The number of sulfonamides is 1. The van der Waals surface area contributed by atoms with Gasteiger partial charge in [0.05, 0.1) is 15.5 Å². The number of nitrogens with one attached hydrogen (secondary N) is 1. The van der Waals surface area contributed by atoms with E-state index in [1.807, 2.05) is 0 Å². The predicted octanol–water partition coefficient (Wildman–Crippen LogP) is 3.38. The van der Waals surface area contributed by atoms with E-state index in [2.05, 4.69) is 5.32 Å². The minimum atomic E-state index is -4.80. The number of rotatable bonds is 7. The van der Waals surface area contributed by atoms with Crippen molar-refractivity contribution in [3.63, 3.8) is 0 Å². The van der Waals surface area contributed by atoms with Crippen LogP contribution < -0.4 is 5.32 Å². The van der Waals surface area contributed by atoms with E-state index < -0.39 is 55.5 Å². The van der Waals surface area contributed by atoms with Crippen molar-refractivity contribution < 1.29 is 36.3 Å². The molecule has 1 aliphatic heterocycles. The molecule has 0 spiro atoms. The summed E-state index contributed by atoms with van der Waals surface area (Å²) in [6.07, 6.45) is -4.01. The van der Waals surface area contributed by atoms with Crippen LogP contribution in [0.25, 0.3) is 0 Å². The number of alkyl halides is 3. The SMILES string of the molecule is CC[C@H](C)[C@H](NC(=O)C1CCN(S(=O)(=O)c2ccc(Cl)c(C(F)(F)F)c2)CC1)C(=O)O. The molecule has 0 unspecified atom stereocenters. The van der Waals surface area contributed by atoms with Gasteiger partial charge in [-0.25, -0.2) is 13.2 Å². The third kappa shape index (κ3) is 5.89. The average molecular weight is 485 g/mol. The molecule has 0 radical (unpaired) electrons. The number of carboxylic acid groups (broad SMARTS) is 1. The van der Waals surface area contributed by atoms with Gasteiger partial charge in [-0.3, -0.25) is 4.79 Å². The Morgan fingerprint density at radius 1 is 1.29 bits per heavy atom. The van der Waals surface area contributed by atoms with Gasteiger partial charge in [-0.05, 0) is 37.0 Å². The molecule has 1 heterocycles. The van der Waals surface area contributed by atoms with Gasteiger partial charge < -0.3 is 10.4 Å². The van der Waals surface area contributed by atoms with Gasteiger partial charge in [-0.1, -0.05) is 31.9 Å². The lowest BCUT2D eigenvalue weighted by atomic mass is 9.94. The number of carbonyl (C=O) groups is 2. The summed E-state index contributed by atoms with van der Waals surface area (Å²) in [5.41, 5.74) is -1.24. The van der Waals surface area contributed by atoms with Crippen LogP contribution in [0.2, 0.25) is 5.02 Å². The highest BCUT2D eigenvalue weighted by atomic mass is 35.5. The molecule has 1 aliphatic rings. The van der Waals surface area contributed by atoms with E-state index in [9.17, 15) is 36.3 Å². The van der Waals surface area contributed by atoms with Crippen LogP contribution in [-0.2, 0) is 25.8 Å². The Morgan fingerprint density at radius 2 is 1.87 bits per heavy atom. The topological polar surface area (TPSA) is 104 Å². The zero-order chi connectivity index (χ0) is 23.6. The van der Waals surface area contributed by atoms with Gasteiger partial charge in [0.1, 0.15) is 6.04 Å². The number of aliphatic carboxylic acids is 1. The van der Waals surface area contributed by atoms with Crippen molar-refractivity contribution in [3.8, 4) is 0 Å². The summed E-state index contributed by atoms with van der Waals surface area (Å²) < 4.78 is 65.8. The lowest BCUT2D eigenvalue weighted by Gasteiger charge is -2.31. The number of benzene rings is 1. The molecular formula is C19H24ClF3N2O5S. The van der Waals surface area contributed by atoms with Crippen molar-refractivity contribution >= 4 is 33.5 Å². The molecule has 1 aromatic carbocycles. The Labute approximate surface area is 183 Å². The van der Waals surface area contributed by atoms with E-state index >= 15 is 0 Å². The van der Waals surface area contributed by atoms with E-state index in [0.29, 0.717) is 12.5 Å². The number of carbonyl (C=O) groups excluding carboxylic acids is 1. The van der Waals surface area contributed by atoms with Crippen LogP contribution >= 0.6 is 11.6 Å². The smallest absolute Gasteiger partial charge is 0.417 e. The van der Waals surface area contributed by atoms with Crippen molar-refractivity contribution in [1.29, 1.82) is 0 Å². The molecule has 1 amide bonds. The predicted molar refractivity (Wildman–Crippen MR) is 107 cm³/mol. The maximum atomic E-state index is 13.1. The first-order valence-corrected chi connectivity index (χ1v) is 11.5. The van der Waals surface area contributed by atoms with E-state index in [0.717, 1.165) is 16.4 Å². The summed E-state index contributed by atoms with van der Waals surface area (Å²) in [6, 6.07) is 1.35. The minimum absolute atomic E-state index is 0.0779. The number of hydrogen-bond donors (Lipinski definition) is 2. The lowest BCUT2D eigenvalue weighted by molar-refractivity contribution is -0.144. The van der Waals surface area contributed by atoms with E-state index in [1.165, 1.54) is 0 Å². The number of piperidine rings is 1. The average Bonchev–Trinajstić information content (AvgIpc) is 2.70. The van der Waals surface area contributed by atoms with Crippen molar-refractivity contribution in [1.82, 2.24) is 9.62 Å². The highest BCUT2D eigenvalue weighted by molar-refractivity contribution is 7.89. The second-order valence-corrected chi connectivity index (χ2v) is 9.87. The van der Waals surface area contributed by atoms with Crippen LogP contribution in [0, 0.1) is 11.8 Å². The van der Waals surface area contributed by atoms with Gasteiger partial charge in [0.15, 0.2) is 0 Å². The molecule has 2 rings (SSSR count). The van der Waals surface area contributed by atoms with E-state index in [1.54, 1.807) is 13.8 Å². The molecule has 1 saturated heterocycles. The van der Waals surface area contributed by atoms with Crippen LogP contribution in [0.5, 0.6) is 0 Å². The van der Waals surface area contributed by atoms with Crippen molar-refractivity contribution in [2.45, 2.75) is 50.2 Å². The highest BCUT2D eigenvalue weighted by Crippen LogP contribution is 2.36. The fraction of sp³-hybridized carbons (Fsp3) is 0.579. The van der Waals surface area contributed by atoms with Gasteiger partial charge in [0.2, 0.25) is 15.9 Å². The normalized spacial score (nSPS) is 18.4. The number of hydrogen-bond acceptors (Lipinski definition) is 4. The van der Waals surface area contributed by atoms with Gasteiger partial charge in [-0.2, -0.15) is 17.5 Å². The van der Waals surface area contributed by atoms with Crippen molar-refractivity contribution in [3.05, 3.63) is 28.8 Å². The second-order valence-electron chi connectivity index (χ2n) is 7.53. The molecule has 1 fully saturated rings. The third-order valence-electron chi connectivity index (χ3n) is 5.48. The molecule has 174 valence electrons. The minimum Gasteiger partial charge on any atom is -0.480 e. The molecule has 0 aromatic heterocycles. The van der Waals surface area contributed by atoms with Crippen molar-refractivity contribution in [2.24, 2.45) is 11.8 Å². The van der Waals surface area contributed by atoms with Crippen LogP contribution in [0.1, 0.15) is 38.7 Å². The number of halogens is 4. The van der Waals surface area contributed by atoms with E-state index in [4.69, 9.17) is 11.6 Å². The van der Waals surface area contributed by atoms with Gasteiger partial charge in [0.25, 0.3) is 0 Å². The largest absolute Gasteiger partial charge is 0.480 e. The fourth-order valence-corrected chi connectivity index (χ4v) is 5.06. The lowest BCUT2D eigenvalue weighted by Crippen LogP contribution is -2.49. The van der Waals surface area contributed by atoms with Crippen LogP contribution in [0.3, 0.4) is 0 Å². The van der Waals surface area contributed by atoms with Crippen LogP contribution in [0.4, 0.5) is 13.2 Å². The Hall–Kier alpha value is -1.85. The molecule has 2 N–H and O–H groups in total. The van der Waals surface area contributed by atoms with Gasteiger partial charge in [-0.15, -0.1) is 0 Å². The zero-order valence-corrected chi connectivity index (χ0v) is 18.5. The number of carboxylic acids is 1. The Bertz CT molecular complexity index is 931. The van der Waals surface area contributed by atoms with E-state index in [-0.39, 0.29) is 31.8 Å². The summed E-state index contributed by atoms with van der Waals surface area (Å²) >= 11 is 5.55. The van der Waals surface area contributed by atoms with Crippen LogP contribution in [0.15, 0.2) is 23.1 Å². The molecule has 7 nitrogen and oxygen atoms in total. The maximum absolute atomic E-state index is 13.1. The standard InChI is InChI=1S/C19H24ClF3N2O5S/c1-3-11(2)16(18(27)28)24-17(26)12-6-8-25(9-7-12)31(29,30)13-4-5-15(20)14(10-13)19(21,22)23/h4-5,10-12,16H,3,6-9H2,1-2H3,(H,24,26)(H,27,28)/t11-,16-/m0/s1. The molecule has 2 atom stereocenters. The van der Waals surface area contributed by atoms with Crippen LogP contribution in [-0.4, -0.2) is 48.8 Å². The zero-order valence-electron chi connectivity index (χ0n) is 16.9. The summed E-state index contributed by atoms with van der Waals surface area (Å²) in [4.78, 5) is 23.3. The molecule has 0 aliphatic carbocycles. The molecular weight excluding hydrogens is 461 g/mol. The first kappa shape index (κ1) is 25.4. The molecule has 1 aromatic rings. The molecule has 12 heteroatoms. The summed E-state index contributed by atoms with van der Waals surface area (Å²) in [6.45, 7) is 3.35. The number of nitrogens with zero attached hydrogens (tertiary/aromatic N) is 1. The summed E-state index contributed by atoms with van der Waals surface area (Å²) in [7, 11) is -4.22. The molecule has 0 bridgehead atoms. The Morgan fingerprint density at radius 3 is 2.35 bits per heavy atom. The van der Waals surface area contributed by atoms with Gasteiger partial charge in [0, 0.05) is 19.0 Å². The maximum Gasteiger partial charge on any atom is 0.417 e. The summed E-state index contributed by atoms with van der Waals surface area (Å²) in [5, 5.41) is 11.2. The second kappa shape index (κ2) is 9.74.